The lowest BCUT2D eigenvalue weighted by atomic mass is 10.1. The number of unbranched alkanes of at least 4 members (excludes halogenated alkanes) is 8. The van der Waals surface area contributed by atoms with Crippen molar-refractivity contribution in [2.75, 3.05) is 27.2 Å². The number of aliphatic carboxylic acids is 1. The topological polar surface area (TPSA) is 98.7 Å². The van der Waals surface area contributed by atoms with E-state index in [1.165, 1.54) is 25.7 Å². The average Bonchev–Trinajstić information content (AvgIpc) is 2.73. The number of carboxylic acids is 1. The highest BCUT2D eigenvalue weighted by Gasteiger charge is 2.20. The van der Waals surface area contributed by atoms with E-state index >= 15 is 0 Å². The van der Waals surface area contributed by atoms with Crippen LogP contribution in [0.15, 0.2) is 24.3 Å². The van der Waals surface area contributed by atoms with Gasteiger partial charge in [0.2, 0.25) is 11.8 Å². The molecule has 0 aromatic carbocycles. The van der Waals surface area contributed by atoms with Crippen LogP contribution in [0.3, 0.4) is 0 Å². The average molecular weight is 452 g/mol. The predicted octanol–water partition coefficient (Wildman–Crippen LogP) is 4.05. The van der Waals surface area contributed by atoms with Gasteiger partial charge in [0.05, 0.1) is 6.54 Å². The van der Waals surface area contributed by atoms with Gasteiger partial charge in [-0.1, -0.05) is 63.3 Å². The van der Waals surface area contributed by atoms with Gasteiger partial charge in [0.25, 0.3) is 0 Å². The maximum Gasteiger partial charge on any atom is 0.328 e. The van der Waals surface area contributed by atoms with Crippen molar-refractivity contribution in [3.05, 3.63) is 24.3 Å². The molecule has 0 heterocycles. The number of hydrogen-bond acceptors (Lipinski definition) is 4. The van der Waals surface area contributed by atoms with Crippen LogP contribution in [0.5, 0.6) is 0 Å². The molecule has 0 aliphatic heterocycles. The Morgan fingerprint density at radius 1 is 0.844 bits per heavy atom. The number of carboxylic acid groups (broad SMARTS) is 1. The zero-order valence-electron chi connectivity index (χ0n) is 20.4. The fourth-order valence-corrected chi connectivity index (χ4v) is 3.12. The van der Waals surface area contributed by atoms with Crippen LogP contribution in [0.1, 0.15) is 84.0 Å². The van der Waals surface area contributed by atoms with Crippen molar-refractivity contribution in [1.82, 2.24) is 15.5 Å². The van der Waals surface area contributed by atoms with Gasteiger partial charge in [0.15, 0.2) is 0 Å². The summed E-state index contributed by atoms with van der Waals surface area (Å²) in [7, 11) is 3.50. The minimum atomic E-state index is -1.15. The van der Waals surface area contributed by atoms with E-state index in [-0.39, 0.29) is 24.9 Å². The lowest BCUT2D eigenvalue weighted by molar-refractivity contribution is -0.141. The molecule has 0 bridgehead atoms. The monoisotopic (exact) mass is 451 g/mol. The van der Waals surface area contributed by atoms with Crippen LogP contribution in [-0.2, 0) is 14.4 Å². The van der Waals surface area contributed by atoms with Gasteiger partial charge in [0, 0.05) is 13.0 Å². The normalized spacial score (nSPS) is 12.5. The van der Waals surface area contributed by atoms with Crippen LogP contribution in [0.2, 0.25) is 0 Å². The Labute approximate surface area is 194 Å². The van der Waals surface area contributed by atoms with Gasteiger partial charge in [-0.15, -0.1) is 0 Å². The summed E-state index contributed by atoms with van der Waals surface area (Å²) < 4.78 is 0. The van der Waals surface area contributed by atoms with E-state index in [0.29, 0.717) is 6.42 Å². The summed E-state index contributed by atoms with van der Waals surface area (Å²) in [6, 6.07) is -1.11. The molecule has 1 atom stereocenters. The van der Waals surface area contributed by atoms with Crippen LogP contribution < -0.4 is 10.6 Å². The highest BCUT2D eigenvalue weighted by atomic mass is 16.4. The molecule has 0 aromatic heterocycles. The number of rotatable bonds is 20. The van der Waals surface area contributed by atoms with Crippen LogP contribution in [0.4, 0.5) is 0 Å². The van der Waals surface area contributed by atoms with E-state index in [1.54, 1.807) is 19.0 Å². The summed E-state index contributed by atoms with van der Waals surface area (Å²) >= 11 is 0. The van der Waals surface area contributed by atoms with Crippen molar-refractivity contribution in [2.45, 2.75) is 90.0 Å². The number of allylic oxidation sites excluding steroid dienone is 4. The minimum absolute atomic E-state index is 0.115. The third-order valence-corrected chi connectivity index (χ3v) is 4.95. The summed E-state index contributed by atoms with van der Waals surface area (Å²) in [4.78, 5) is 36.6. The van der Waals surface area contributed by atoms with Crippen LogP contribution in [0, 0.1) is 0 Å². The molecule has 2 amide bonds. The van der Waals surface area contributed by atoms with E-state index in [4.69, 9.17) is 0 Å². The number of nitrogens with one attached hydrogen (secondary N) is 2. The van der Waals surface area contributed by atoms with E-state index in [0.717, 1.165) is 44.9 Å². The molecule has 32 heavy (non-hydrogen) atoms. The number of carbonyl (C=O) groups is 3. The SMILES string of the molecule is CCCCCC=CCC=CCCCCCCCC(=O)N[C@@H](CNC(=O)CN(C)C)C(=O)O. The predicted molar refractivity (Wildman–Crippen MR) is 130 cm³/mol. The van der Waals surface area contributed by atoms with Crippen molar-refractivity contribution < 1.29 is 19.5 Å². The van der Waals surface area contributed by atoms with Crippen LogP contribution in [-0.4, -0.2) is 61.0 Å². The molecule has 0 aromatic rings. The molecule has 0 rings (SSSR count). The van der Waals surface area contributed by atoms with Crippen molar-refractivity contribution in [3.63, 3.8) is 0 Å². The largest absolute Gasteiger partial charge is 0.480 e. The fourth-order valence-electron chi connectivity index (χ4n) is 3.12. The second-order valence-electron chi connectivity index (χ2n) is 8.48. The Kier molecular flexibility index (Phi) is 19.3. The van der Waals surface area contributed by atoms with Gasteiger partial charge < -0.3 is 20.6 Å². The molecule has 7 nitrogen and oxygen atoms in total. The lowest BCUT2D eigenvalue weighted by Crippen LogP contribution is -2.49. The molecule has 0 aliphatic rings. The van der Waals surface area contributed by atoms with E-state index in [9.17, 15) is 19.5 Å². The molecular weight excluding hydrogens is 406 g/mol. The van der Waals surface area contributed by atoms with Gasteiger partial charge in [-0.2, -0.15) is 0 Å². The van der Waals surface area contributed by atoms with Crippen LogP contribution >= 0.6 is 0 Å². The van der Waals surface area contributed by atoms with Crippen LogP contribution in [0.25, 0.3) is 0 Å². The van der Waals surface area contributed by atoms with Gasteiger partial charge in [-0.25, -0.2) is 4.79 Å². The molecule has 184 valence electrons. The first-order valence-electron chi connectivity index (χ1n) is 12.1. The summed E-state index contributed by atoms with van der Waals surface area (Å²) in [5.74, 6) is -1.71. The molecule has 7 heteroatoms. The zero-order valence-corrected chi connectivity index (χ0v) is 20.4. The summed E-state index contributed by atoms with van der Waals surface area (Å²) in [5, 5.41) is 14.3. The third kappa shape index (κ3) is 19.8. The maximum atomic E-state index is 12.0. The van der Waals surface area contributed by atoms with E-state index < -0.39 is 12.0 Å². The zero-order chi connectivity index (χ0) is 24.0. The standard InChI is InChI=1S/C25H45N3O4/c1-4-5-6-7-8-9-10-11-12-13-14-15-16-17-18-19-23(29)27-22(25(31)32)20-26-24(30)21-28(2)3/h8-9,11-12,22H,4-7,10,13-21H2,1-3H3,(H,26,30)(H,27,29)(H,31,32)/t22-/m0/s1. The second-order valence-corrected chi connectivity index (χ2v) is 8.48. The lowest BCUT2D eigenvalue weighted by Gasteiger charge is -2.16. The van der Waals surface area contributed by atoms with Gasteiger partial charge >= 0.3 is 5.97 Å². The van der Waals surface area contributed by atoms with Gasteiger partial charge in [-0.05, 0) is 52.6 Å². The molecule has 0 fully saturated rings. The molecular formula is C25H45N3O4. The Hall–Kier alpha value is -2.15. The molecule has 0 unspecified atom stereocenters. The van der Waals surface area contributed by atoms with Gasteiger partial charge in [-0.3, -0.25) is 9.59 Å². The summed E-state index contributed by atoms with van der Waals surface area (Å²) in [6.07, 6.45) is 21.5. The summed E-state index contributed by atoms with van der Waals surface area (Å²) in [5.41, 5.74) is 0. The molecule has 0 spiro atoms. The number of hydrogen-bond donors (Lipinski definition) is 3. The smallest absolute Gasteiger partial charge is 0.328 e. The molecule has 0 saturated heterocycles. The third-order valence-electron chi connectivity index (χ3n) is 4.95. The van der Waals surface area contributed by atoms with Gasteiger partial charge in [0.1, 0.15) is 6.04 Å². The Balaban J connectivity index is 3.75. The highest BCUT2D eigenvalue weighted by Crippen LogP contribution is 2.08. The first-order chi connectivity index (χ1) is 15.4. The quantitative estimate of drug-likeness (QED) is 0.192. The second kappa shape index (κ2) is 20.7. The molecule has 0 aliphatic carbocycles. The van der Waals surface area contributed by atoms with Crippen molar-refractivity contribution >= 4 is 17.8 Å². The van der Waals surface area contributed by atoms with E-state index in [2.05, 4.69) is 41.9 Å². The Morgan fingerprint density at radius 2 is 1.44 bits per heavy atom. The Bertz CT molecular complexity index is 574. The molecule has 0 radical (unpaired) electrons. The van der Waals surface area contributed by atoms with Crippen molar-refractivity contribution in [2.24, 2.45) is 0 Å². The molecule has 3 N–H and O–H groups in total. The van der Waals surface area contributed by atoms with Crippen molar-refractivity contribution in [1.29, 1.82) is 0 Å². The Morgan fingerprint density at radius 3 is 2.03 bits per heavy atom. The highest BCUT2D eigenvalue weighted by molar-refractivity contribution is 5.84. The number of likely N-dealkylation sites (N-methyl/N-ethyl adjacent to an activating group) is 1. The van der Waals surface area contributed by atoms with Crippen molar-refractivity contribution in [3.8, 4) is 0 Å². The maximum absolute atomic E-state index is 12.0. The number of nitrogens with zero attached hydrogens (tertiary/aromatic N) is 1. The number of amides is 2. The minimum Gasteiger partial charge on any atom is -0.480 e. The van der Waals surface area contributed by atoms with E-state index in [1.807, 2.05) is 0 Å². The first-order valence-corrected chi connectivity index (χ1v) is 12.1. The molecule has 0 saturated carbocycles. The summed E-state index contributed by atoms with van der Waals surface area (Å²) in [6.45, 7) is 2.28. The first kappa shape index (κ1) is 29.9. The number of carbonyl (C=O) groups excluding carboxylic acids is 2. The fraction of sp³-hybridized carbons (Fsp3) is 0.720.